The van der Waals surface area contributed by atoms with Crippen LogP contribution in [-0.2, 0) is 14.3 Å². The number of anilines is 5. The lowest BCUT2D eigenvalue weighted by atomic mass is 10.0. The topological polar surface area (TPSA) is 282 Å². The Labute approximate surface area is 438 Å². The molecule has 404 valence electrons. The molecular weight excluding hydrogens is 1040 g/mol. The Morgan fingerprint density at radius 2 is 1.14 bits per heavy atom. The van der Waals surface area contributed by atoms with Gasteiger partial charge in [0.15, 0.2) is 22.6 Å². The first-order chi connectivity index (χ1) is 34.9. The maximum Gasteiger partial charge on any atom is 0.410 e. The predicted molar refractivity (Wildman–Crippen MR) is 268 cm³/mol. The molecule has 0 saturated carbocycles. The molecule has 8 atom stereocenters. The minimum Gasteiger partial charge on any atom is -0.444 e. The molecule has 3 amide bonds. The van der Waals surface area contributed by atoms with Crippen LogP contribution in [-0.4, -0.2) is 166 Å². The zero-order valence-corrected chi connectivity index (χ0v) is 42.8. The van der Waals surface area contributed by atoms with E-state index in [1.165, 1.54) is 40.4 Å². The van der Waals surface area contributed by atoms with E-state index >= 15 is 0 Å². The molecule has 74 heavy (non-hydrogen) atoms. The number of carbonyl (C=O) groups excluding carboxylic acids is 3. The molecule has 0 bridgehead atoms. The van der Waals surface area contributed by atoms with Crippen molar-refractivity contribution in [3.63, 3.8) is 0 Å². The first kappa shape index (κ1) is 57.5. The van der Waals surface area contributed by atoms with Crippen LogP contribution >= 0.6 is 34.8 Å². The van der Waals surface area contributed by atoms with E-state index in [4.69, 9.17) is 51.0 Å². The summed E-state index contributed by atoms with van der Waals surface area (Å²) in [6.07, 6.45) is -0.331. The smallest absolute Gasteiger partial charge is 0.410 e. The van der Waals surface area contributed by atoms with Crippen LogP contribution in [0.2, 0.25) is 15.2 Å². The molecule has 4 aliphatic rings. The summed E-state index contributed by atoms with van der Waals surface area (Å²) in [7, 11) is 0. The number of ether oxygens (including phenoxy) is 1. The molecule has 0 aliphatic carbocycles. The van der Waals surface area contributed by atoms with Gasteiger partial charge in [-0.3, -0.25) is 9.59 Å². The summed E-state index contributed by atoms with van der Waals surface area (Å²) >= 11 is 17.0. The Kier molecular flexibility index (Phi) is 19.6. The van der Waals surface area contributed by atoms with E-state index in [1.807, 2.05) is 0 Å². The maximum atomic E-state index is 14.5. The predicted octanol–water partition coefficient (Wildman–Crippen LogP) is 4.86. The Balaban J connectivity index is 0.000000206. The van der Waals surface area contributed by atoms with Crippen LogP contribution in [0.25, 0.3) is 0 Å². The highest BCUT2D eigenvalue weighted by Gasteiger charge is 2.42. The zero-order valence-electron chi connectivity index (χ0n) is 40.5. The number of carbonyl (C=O) groups is 3. The van der Waals surface area contributed by atoms with Gasteiger partial charge in [-0.25, -0.2) is 33.5 Å². The monoisotopic (exact) mass is 1100 g/mol. The summed E-state index contributed by atoms with van der Waals surface area (Å²) in [6, 6.07) is 5.13. The maximum absolute atomic E-state index is 14.5. The van der Waals surface area contributed by atoms with Gasteiger partial charge < -0.3 is 66.9 Å². The van der Waals surface area contributed by atoms with E-state index < -0.39 is 71.5 Å². The summed E-state index contributed by atoms with van der Waals surface area (Å²) in [6.45, 7) is 6.78. The average molecular weight is 1100 g/mol. The molecule has 8 rings (SSSR count). The van der Waals surface area contributed by atoms with Crippen molar-refractivity contribution < 1.29 is 57.1 Å². The molecule has 27 heteroatoms. The number of amides is 3. The molecule has 4 aliphatic heterocycles. The van der Waals surface area contributed by atoms with E-state index in [-0.39, 0.29) is 101 Å². The fraction of sp³-hybridized carbons (Fsp3) is 0.511. The fourth-order valence-corrected chi connectivity index (χ4v) is 9.44. The van der Waals surface area contributed by atoms with Crippen molar-refractivity contribution in [3.8, 4) is 0 Å². The molecule has 6 heterocycles. The van der Waals surface area contributed by atoms with Gasteiger partial charge in [0.25, 0.3) is 0 Å². The molecule has 0 radical (unpaired) electrons. The highest BCUT2D eigenvalue weighted by molar-refractivity contribution is 6.31. The number of nitrogen functional groups attached to an aromatic ring is 2. The van der Waals surface area contributed by atoms with Crippen LogP contribution in [0.1, 0.15) is 59.3 Å². The quantitative estimate of drug-likeness (QED) is 0.0906. The average Bonchev–Trinajstić information content (AvgIpc) is 3.50. The Morgan fingerprint density at radius 1 is 0.662 bits per heavy atom. The standard InChI is InChI=1S/C22H31ClFN3O5.C21H25ClF2N6O3.C4H3ClFN3/c1-22(2,3)32-21(31)26-6-4-5-16(11-26)27-12-19(29)18(28)10-17(20(27)30)25-15-8-13(23)7-14(24)9-15;22-11-4-12(23)6-13(5-11)28-15-7-16(31)17(32)9-30(21(15)33)14-2-1-3-29(8-14)20-18(24)19(25)26-10-27-20;5-3-2(6)4(7)9-1-8-3/h7-9,16-19,25,28-29H,4-6,10-12H2,1-3H3;4-6,10,14-17,28,31-32H,1-3,7-9H2,(H2,25,26,27);1H,(H2,7,8,9)/t16-,17-,18?,19?;14-,15-,16?,17?;/m11./s1. The molecule has 4 fully saturated rings. The Bertz CT molecular complexity index is 2560. The van der Waals surface area contributed by atoms with Crippen molar-refractivity contribution in [1.29, 1.82) is 0 Å². The number of aliphatic hydroxyl groups is 4. The van der Waals surface area contributed by atoms with Gasteiger partial charge in [-0.05, 0) is 82.9 Å². The van der Waals surface area contributed by atoms with Gasteiger partial charge in [-0.1, -0.05) is 34.8 Å². The number of aliphatic hydroxyl groups excluding tert-OH is 4. The molecular formula is C47H59Cl3F4N12O8. The van der Waals surface area contributed by atoms with E-state index in [1.54, 1.807) is 30.6 Å². The number of halogens is 7. The van der Waals surface area contributed by atoms with E-state index in [2.05, 4.69) is 30.6 Å². The fourth-order valence-electron chi connectivity index (χ4n) is 8.86. The number of benzene rings is 2. The minimum atomic E-state index is -1.17. The normalized spacial score (nSPS) is 24.6. The third kappa shape index (κ3) is 15.4. The first-order valence-corrected chi connectivity index (χ1v) is 24.7. The SMILES string of the molecule is CC(C)(C)OC(=O)N1CCC[C@@H](N2CC(O)C(O)C[C@@H](Nc3cc(F)cc(Cl)c3)C2=O)C1.Nc1ncnc(Cl)c1F.Nc1ncnc(N2CCC[C@@H](N3CC(O)C(O)C[C@@H](Nc4cc(F)cc(Cl)c4)C3=O)C2)c1F. The first-order valence-electron chi connectivity index (χ1n) is 23.6. The second kappa shape index (κ2) is 25.2. The van der Waals surface area contributed by atoms with Gasteiger partial charge in [0.2, 0.25) is 23.4 Å². The number of likely N-dealkylation sites (tertiary alicyclic amines) is 3. The molecule has 10 N–H and O–H groups in total. The van der Waals surface area contributed by atoms with Crippen molar-refractivity contribution in [1.82, 2.24) is 34.6 Å². The van der Waals surface area contributed by atoms with E-state index in [0.29, 0.717) is 44.5 Å². The van der Waals surface area contributed by atoms with Crippen LogP contribution in [0, 0.1) is 23.3 Å². The summed E-state index contributed by atoms with van der Waals surface area (Å²) < 4.78 is 59.8. The van der Waals surface area contributed by atoms with Crippen molar-refractivity contribution in [2.75, 3.05) is 66.3 Å². The highest BCUT2D eigenvalue weighted by Crippen LogP contribution is 2.30. The number of aromatic nitrogens is 4. The Morgan fingerprint density at radius 3 is 1.61 bits per heavy atom. The second-order valence-corrected chi connectivity index (χ2v) is 20.4. The van der Waals surface area contributed by atoms with Gasteiger partial charge in [0, 0.05) is 85.6 Å². The number of β-amino-alcohol motifs (C(OH)–C–C–N with tert-alkyl or cyclic N) is 2. The van der Waals surface area contributed by atoms with Crippen LogP contribution in [0.3, 0.4) is 0 Å². The largest absolute Gasteiger partial charge is 0.444 e. The van der Waals surface area contributed by atoms with Crippen LogP contribution in [0.4, 0.5) is 51.2 Å². The van der Waals surface area contributed by atoms with Crippen molar-refractivity contribution in [2.45, 2.75) is 113 Å². The van der Waals surface area contributed by atoms with Gasteiger partial charge in [-0.15, -0.1) is 0 Å². The molecule has 2 aromatic carbocycles. The van der Waals surface area contributed by atoms with Crippen LogP contribution < -0.4 is 27.0 Å². The molecule has 4 saturated heterocycles. The van der Waals surface area contributed by atoms with Gasteiger partial charge in [-0.2, -0.15) is 8.78 Å². The van der Waals surface area contributed by atoms with Gasteiger partial charge in [0.1, 0.15) is 42.0 Å². The van der Waals surface area contributed by atoms with Crippen molar-refractivity contribution in [3.05, 3.63) is 87.5 Å². The van der Waals surface area contributed by atoms with Crippen molar-refractivity contribution in [2.24, 2.45) is 0 Å². The molecule has 4 unspecified atom stereocenters. The number of nitrogens with zero attached hydrogens (tertiary/aromatic N) is 8. The summed E-state index contributed by atoms with van der Waals surface area (Å²) in [4.78, 5) is 60.0. The van der Waals surface area contributed by atoms with Gasteiger partial charge in [0.05, 0.1) is 24.4 Å². The van der Waals surface area contributed by atoms with E-state index in [0.717, 1.165) is 18.5 Å². The Hall–Kier alpha value is -5.76. The van der Waals surface area contributed by atoms with Crippen LogP contribution in [0.15, 0.2) is 49.1 Å². The highest BCUT2D eigenvalue weighted by atomic mass is 35.5. The zero-order chi connectivity index (χ0) is 54.2. The molecule has 0 spiro atoms. The number of nitrogens with two attached hydrogens (primary N) is 2. The summed E-state index contributed by atoms with van der Waals surface area (Å²) in [5.74, 6) is -3.75. The minimum absolute atomic E-state index is 0.0485. The van der Waals surface area contributed by atoms with E-state index in [9.17, 15) is 52.4 Å². The summed E-state index contributed by atoms with van der Waals surface area (Å²) in [5.41, 5.74) is 10.5. The second-order valence-electron chi connectivity index (χ2n) is 19.2. The van der Waals surface area contributed by atoms with Crippen LogP contribution in [0.5, 0.6) is 0 Å². The van der Waals surface area contributed by atoms with Crippen molar-refractivity contribution >= 4 is 81.5 Å². The lowest BCUT2D eigenvalue weighted by Crippen LogP contribution is -2.55. The molecule has 4 aromatic rings. The lowest BCUT2D eigenvalue weighted by molar-refractivity contribution is -0.136. The lowest BCUT2D eigenvalue weighted by Gasteiger charge is -2.40. The number of piperidine rings is 2. The molecule has 20 nitrogen and oxygen atoms in total. The number of hydrogen-bond acceptors (Lipinski definition) is 17. The molecule has 2 aromatic heterocycles. The third-order valence-corrected chi connectivity index (χ3v) is 13.1. The third-order valence-electron chi connectivity index (χ3n) is 12.4. The number of nitrogens with one attached hydrogen (secondary N) is 2. The van der Waals surface area contributed by atoms with Gasteiger partial charge >= 0.3 is 6.09 Å². The number of hydrogen-bond donors (Lipinski definition) is 8. The summed E-state index contributed by atoms with van der Waals surface area (Å²) in [5, 5.41) is 47.6. The number of rotatable bonds is 7.